The third-order valence-corrected chi connectivity index (χ3v) is 4.76. The van der Waals surface area contributed by atoms with Crippen LogP contribution in [0.4, 0.5) is 0 Å². The quantitative estimate of drug-likeness (QED) is 0.744. The Labute approximate surface area is 107 Å². The second-order valence-corrected chi connectivity index (χ2v) is 5.72. The van der Waals surface area contributed by atoms with E-state index in [1.165, 1.54) is 32.4 Å². The monoisotopic (exact) mass is 242 g/mol. The lowest BCUT2D eigenvalue weighted by molar-refractivity contribution is 0.0161. The minimum atomic E-state index is 0.0160. The molecule has 1 aliphatic rings. The molecule has 1 fully saturated rings. The smallest absolute Gasteiger partial charge is 0.0659 e. The van der Waals surface area contributed by atoms with Crippen molar-refractivity contribution in [2.24, 2.45) is 11.1 Å². The van der Waals surface area contributed by atoms with E-state index in [-0.39, 0.29) is 5.54 Å². The molecule has 0 amide bonds. The van der Waals surface area contributed by atoms with E-state index in [1.807, 2.05) is 6.92 Å². The molecule has 0 aromatic rings. The van der Waals surface area contributed by atoms with Crippen LogP contribution in [0.2, 0.25) is 0 Å². The Balaban J connectivity index is 2.66. The first-order valence-electron chi connectivity index (χ1n) is 7.08. The van der Waals surface area contributed by atoms with Crippen molar-refractivity contribution in [1.29, 1.82) is 0 Å². The molecule has 1 saturated heterocycles. The van der Waals surface area contributed by atoms with Gasteiger partial charge in [-0.1, -0.05) is 13.8 Å². The molecule has 1 heterocycles. The molecule has 0 saturated carbocycles. The molecule has 3 nitrogen and oxygen atoms in total. The summed E-state index contributed by atoms with van der Waals surface area (Å²) in [4.78, 5) is 2.55. The first kappa shape index (κ1) is 14.9. The van der Waals surface area contributed by atoms with Gasteiger partial charge in [-0.2, -0.15) is 0 Å². The maximum absolute atomic E-state index is 5.98. The molecule has 0 aromatic heterocycles. The van der Waals surface area contributed by atoms with Gasteiger partial charge in [-0.3, -0.25) is 4.90 Å². The summed E-state index contributed by atoms with van der Waals surface area (Å²) in [6.45, 7) is 13.5. The lowest BCUT2D eigenvalue weighted by atomic mass is 9.81. The van der Waals surface area contributed by atoms with Crippen molar-refractivity contribution in [3.8, 4) is 0 Å². The molecule has 0 aliphatic carbocycles. The molecular formula is C14H30N2O. The van der Waals surface area contributed by atoms with Crippen LogP contribution >= 0.6 is 0 Å². The normalized spacial score (nSPS) is 23.8. The first-order valence-corrected chi connectivity index (χ1v) is 7.08. The Morgan fingerprint density at radius 1 is 1.29 bits per heavy atom. The van der Waals surface area contributed by atoms with Gasteiger partial charge in [-0.25, -0.2) is 0 Å². The third kappa shape index (κ3) is 3.21. The summed E-state index contributed by atoms with van der Waals surface area (Å²) in [7, 11) is 0. The van der Waals surface area contributed by atoms with Crippen LogP contribution in [0.15, 0.2) is 0 Å². The minimum absolute atomic E-state index is 0.0160. The van der Waals surface area contributed by atoms with E-state index in [0.717, 1.165) is 13.2 Å². The van der Waals surface area contributed by atoms with Crippen molar-refractivity contribution in [3.63, 3.8) is 0 Å². The minimum Gasteiger partial charge on any atom is -0.380 e. The number of hydrogen-bond acceptors (Lipinski definition) is 3. The SMILES string of the molecule is CCOCC(C)(CN)N1CCC(CC)(CC)C1. The summed E-state index contributed by atoms with van der Waals surface area (Å²) >= 11 is 0. The van der Waals surface area contributed by atoms with Gasteiger partial charge in [0.1, 0.15) is 0 Å². The number of likely N-dealkylation sites (tertiary alicyclic amines) is 1. The van der Waals surface area contributed by atoms with Crippen LogP contribution in [-0.4, -0.2) is 43.3 Å². The van der Waals surface area contributed by atoms with Gasteiger partial charge < -0.3 is 10.5 Å². The zero-order valence-electron chi connectivity index (χ0n) is 12.1. The Morgan fingerprint density at radius 2 is 1.94 bits per heavy atom. The van der Waals surface area contributed by atoms with E-state index in [9.17, 15) is 0 Å². The molecule has 1 rings (SSSR count). The lowest BCUT2D eigenvalue weighted by Crippen LogP contribution is -2.54. The topological polar surface area (TPSA) is 38.5 Å². The highest BCUT2D eigenvalue weighted by atomic mass is 16.5. The predicted octanol–water partition coefficient (Wildman–Crippen LogP) is 2.25. The van der Waals surface area contributed by atoms with Gasteiger partial charge >= 0.3 is 0 Å². The number of nitrogens with zero attached hydrogens (tertiary/aromatic N) is 1. The Morgan fingerprint density at radius 3 is 2.35 bits per heavy atom. The lowest BCUT2D eigenvalue weighted by Gasteiger charge is -2.39. The fraction of sp³-hybridized carbons (Fsp3) is 1.00. The van der Waals surface area contributed by atoms with Crippen LogP contribution < -0.4 is 5.73 Å². The maximum Gasteiger partial charge on any atom is 0.0659 e. The van der Waals surface area contributed by atoms with Gasteiger partial charge in [0, 0.05) is 19.7 Å². The van der Waals surface area contributed by atoms with Gasteiger partial charge in [-0.15, -0.1) is 0 Å². The van der Waals surface area contributed by atoms with Crippen LogP contribution in [-0.2, 0) is 4.74 Å². The highest BCUT2D eigenvalue weighted by Gasteiger charge is 2.42. The third-order valence-electron chi connectivity index (χ3n) is 4.76. The van der Waals surface area contributed by atoms with E-state index in [2.05, 4.69) is 25.7 Å². The van der Waals surface area contributed by atoms with E-state index >= 15 is 0 Å². The number of nitrogens with two attached hydrogens (primary N) is 1. The zero-order chi connectivity index (χ0) is 12.9. The summed E-state index contributed by atoms with van der Waals surface area (Å²) in [6, 6.07) is 0. The van der Waals surface area contributed by atoms with Crippen molar-refractivity contribution < 1.29 is 4.74 Å². The second kappa shape index (κ2) is 6.17. The number of hydrogen-bond donors (Lipinski definition) is 1. The summed E-state index contributed by atoms with van der Waals surface area (Å²) in [5, 5.41) is 0. The molecular weight excluding hydrogens is 212 g/mol. The summed E-state index contributed by atoms with van der Waals surface area (Å²) in [5.74, 6) is 0. The molecule has 1 aliphatic heterocycles. The standard InChI is InChI=1S/C14H30N2O/c1-5-14(6-2)8-9-16(11-14)13(4,10-15)12-17-7-3/h5-12,15H2,1-4H3. The van der Waals surface area contributed by atoms with Crippen LogP contribution in [0.25, 0.3) is 0 Å². The molecule has 0 bridgehead atoms. The maximum atomic E-state index is 5.98. The molecule has 1 unspecified atom stereocenters. The fourth-order valence-corrected chi connectivity index (χ4v) is 2.82. The molecule has 0 spiro atoms. The zero-order valence-corrected chi connectivity index (χ0v) is 12.1. The van der Waals surface area contributed by atoms with E-state index in [4.69, 9.17) is 10.5 Å². The highest BCUT2D eigenvalue weighted by molar-refractivity contribution is 4.97. The average molecular weight is 242 g/mol. The van der Waals surface area contributed by atoms with Crippen LogP contribution in [0, 0.1) is 5.41 Å². The van der Waals surface area contributed by atoms with E-state index in [0.29, 0.717) is 12.0 Å². The van der Waals surface area contributed by atoms with Crippen LogP contribution in [0.3, 0.4) is 0 Å². The Bertz CT molecular complexity index is 228. The van der Waals surface area contributed by atoms with Gasteiger partial charge in [0.2, 0.25) is 0 Å². The number of rotatable bonds is 7. The van der Waals surface area contributed by atoms with Gasteiger partial charge in [0.25, 0.3) is 0 Å². The summed E-state index contributed by atoms with van der Waals surface area (Å²) in [6.07, 6.45) is 3.85. The van der Waals surface area contributed by atoms with Gasteiger partial charge in [-0.05, 0) is 45.1 Å². The molecule has 0 radical (unpaired) electrons. The molecule has 2 N–H and O–H groups in total. The second-order valence-electron chi connectivity index (χ2n) is 5.72. The molecule has 17 heavy (non-hydrogen) atoms. The van der Waals surface area contributed by atoms with E-state index in [1.54, 1.807) is 0 Å². The predicted molar refractivity (Wildman–Crippen MR) is 73.2 cm³/mol. The summed E-state index contributed by atoms with van der Waals surface area (Å²) < 4.78 is 5.62. The largest absolute Gasteiger partial charge is 0.380 e. The van der Waals surface area contributed by atoms with Crippen molar-refractivity contribution in [2.75, 3.05) is 32.8 Å². The van der Waals surface area contributed by atoms with Crippen LogP contribution in [0.1, 0.15) is 47.0 Å². The van der Waals surface area contributed by atoms with Gasteiger partial charge in [0.05, 0.1) is 12.1 Å². The van der Waals surface area contributed by atoms with Gasteiger partial charge in [0.15, 0.2) is 0 Å². The fourth-order valence-electron chi connectivity index (χ4n) is 2.82. The highest BCUT2D eigenvalue weighted by Crippen LogP contribution is 2.39. The van der Waals surface area contributed by atoms with Crippen molar-refractivity contribution in [3.05, 3.63) is 0 Å². The van der Waals surface area contributed by atoms with E-state index < -0.39 is 0 Å². The average Bonchev–Trinajstić information content (AvgIpc) is 2.81. The molecule has 0 aromatic carbocycles. The van der Waals surface area contributed by atoms with Crippen molar-refractivity contribution in [2.45, 2.75) is 52.5 Å². The van der Waals surface area contributed by atoms with Crippen molar-refractivity contribution in [1.82, 2.24) is 4.90 Å². The Kier molecular flexibility index (Phi) is 5.42. The Hall–Kier alpha value is -0.120. The van der Waals surface area contributed by atoms with Crippen molar-refractivity contribution >= 4 is 0 Å². The molecule has 102 valence electrons. The first-order chi connectivity index (χ1) is 8.05. The summed E-state index contributed by atoms with van der Waals surface area (Å²) in [5.41, 5.74) is 6.51. The van der Waals surface area contributed by atoms with Crippen LogP contribution in [0.5, 0.6) is 0 Å². The number of ether oxygens (including phenoxy) is 1. The molecule has 3 heteroatoms. The molecule has 1 atom stereocenters.